The van der Waals surface area contributed by atoms with Crippen molar-refractivity contribution in [3.05, 3.63) is 71.4 Å². The molecule has 9 nitrogen and oxygen atoms in total. The number of alkyl carbamates (subject to hydrolysis) is 1. The van der Waals surface area contributed by atoms with E-state index in [-0.39, 0.29) is 23.9 Å². The molecule has 2 amide bonds. The van der Waals surface area contributed by atoms with Gasteiger partial charge in [-0.3, -0.25) is 9.48 Å². The number of nitrogens with one attached hydrogen (secondary N) is 2. The van der Waals surface area contributed by atoms with Gasteiger partial charge in [0.2, 0.25) is 5.91 Å². The molecule has 0 aliphatic heterocycles. The molecular weight excluding hydrogens is 436 g/mol. The third kappa shape index (κ3) is 4.50. The average Bonchev–Trinajstić information content (AvgIpc) is 3.35. The molecule has 0 unspecified atom stereocenters. The molecule has 2 aromatic carbocycles. The van der Waals surface area contributed by atoms with Crippen LogP contribution in [0.3, 0.4) is 0 Å². The Morgan fingerprint density at radius 1 is 1.09 bits per heavy atom. The molecule has 9 heteroatoms. The summed E-state index contributed by atoms with van der Waals surface area (Å²) in [6.45, 7) is 2.01. The zero-order valence-electron chi connectivity index (χ0n) is 18.9. The summed E-state index contributed by atoms with van der Waals surface area (Å²) in [7, 11) is 1.52. The molecule has 1 aromatic heterocycles. The molecule has 3 N–H and O–H groups in total. The van der Waals surface area contributed by atoms with Crippen molar-refractivity contribution in [2.75, 3.05) is 11.9 Å². The van der Waals surface area contributed by atoms with Crippen LogP contribution in [-0.2, 0) is 16.6 Å². The highest BCUT2D eigenvalue weighted by molar-refractivity contribution is 6.01. The van der Waals surface area contributed by atoms with Crippen LogP contribution in [0, 0.1) is 0 Å². The van der Waals surface area contributed by atoms with Crippen LogP contribution in [0.5, 0.6) is 0 Å². The van der Waals surface area contributed by atoms with Gasteiger partial charge in [0.1, 0.15) is 24.0 Å². The molecule has 1 atom stereocenters. The lowest BCUT2D eigenvalue weighted by Gasteiger charge is -2.19. The van der Waals surface area contributed by atoms with Crippen molar-refractivity contribution < 1.29 is 24.2 Å². The van der Waals surface area contributed by atoms with Crippen molar-refractivity contribution in [1.82, 2.24) is 15.1 Å². The molecular formula is C25H26N4O5. The van der Waals surface area contributed by atoms with Gasteiger partial charge in [-0.2, -0.15) is 5.10 Å². The van der Waals surface area contributed by atoms with Gasteiger partial charge in [0.15, 0.2) is 0 Å². The number of carbonyl (C=O) groups is 3. The predicted molar refractivity (Wildman–Crippen MR) is 126 cm³/mol. The fraction of sp³-hybridized carbons (Fsp3) is 0.280. The highest BCUT2D eigenvalue weighted by Crippen LogP contribution is 2.44. The van der Waals surface area contributed by atoms with Crippen molar-refractivity contribution in [1.29, 1.82) is 0 Å². The summed E-state index contributed by atoms with van der Waals surface area (Å²) in [5, 5.41) is 18.4. The minimum Gasteiger partial charge on any atom is -0.477 e. The van der Waals surface area contributed by atoms with Crippen LogP contribution >= 0.6 is 0 Å². The number of carboxylic acid groups (broad SMARTS) is 1. The minimum absolute atomic E-state index is 0.0490. The molecule has 0 radical (unpaired) electrons. The SMILES string of the molecule is CCC[C@@H](NC(=O)OCC1c2ccccc2-c2ccccc21)C(=O)Nc1c(C(=O)O)cnn1C. The first kappa shape index (κ1) is 23.0. The number of aromatic nitrogens is 2. The van der Waals surface area contributed by atoms with Crippen molar-refractivity contribution in [3.8, 4) is 11.1 Å². The minimum atomic E-state index is -1.21. The van der Waals surface area contributed by atoms with E-state index in [4.69, 9.17) is 4.74 Å². The van der Waals surface area contributed by atoms with Crippen LogP contribution in [0.25, 0.3) is 11.1 Å². The number of nitrogens with zero attached hydrogens (tertiary/aromatic N) is 2. The largest absolute Gasteiger partial charge is 0.477 e. The maximum atomic E-state index is 12.8. The number of carbonyl (C=O) groups excluding carboxylic acids is 2. The standard InChI is InChI=1S/C25H26N4O5/c1-3-8-21(23(30)28-22-19(24(31)32)13-26-29(22)2)27-25(33)34-14-20-17-11-6-4-9-15(17)16-10-5-7-12-18(16)20/h4-7,9-13,20-21H,3,8,14H2,1-2H3,(H,27,33)(H,28,30)(H,31,32)/t21-/m1/s1. The summed E-state index contributed by atoms with van der Waals surface area (Å²) >= 11 is 0. The fourth-order valence-corrected chi connectivity index (χ4v) is 4.29. The molecule has 1 aliphatic carbocycles. The van der Waals surface area contributed by atoms with E-state index in [1.54, 1.807) is 0 Å². The van der Waals surface area contributed by atoms with Gasteiger partial charge in [-0.05, 0) is 28.7 Å². The first-order valence-electron chi connectivity index (χ1n) is 11.1. The number of amides is 2. The first-order valence-corrected chi connectivity index (χ1v) is 11.1. The molecule has 34 heavy (non-hydrogen) atoms. The van der Waals surface area contributed by atoms with Gasteiger partial charge in [-0.15, -0.1) is 0 Å². The summed E-state index contributed by atoms with van der Waals surface area (Å²) in [4.78, 5) is 36.9. The molecule has 3 aromatic rings. The van der Waals surface area contributed by atoms with Crippen molar-refractivity contribution >= 4 is 23.8 Å². The number of aromatic carboxylic acids is 1. The van der Waals surface area contributed by atoms with E-state index in [9.17, 15) is 19.5 Å². The summed E-state index contributed by atoms with van der Waals surface area (Å²) in [5.41, 5.74) is 4.31. The van der Waals surface area contributed by atoms with Gasteiger partial charge >= 0.3 is 12.1 Å². The maximum Gasteiger partial charge on any atom is 0.407 e. The Bertz CT molecular complexity index is 1190. The second-order valence-electron chi connectivity index (χ2n) is 8.14. The number of carboxylic acids is 1. The Kier molecular flexibility index (Phi) is 6.62. The number of benzene rings is 2. The molecule has 0 fully saturated rings. The van der Waals surface area contributed by atoms with Crippen molar-refractivity contribution in [2.24, 2.45) is 7.05 Å². The zero-order chi connectivity index (χ0) is 24.2. The first-order chi connectivity index (χ1) is 16.4. The van der Waals surface area contributed by atoms with Crippen LogP contribution < -0.4 is 10.6 Å². The number of ether oxygens (including phenoxy) is 1. The van der Waals surface area contributed by atoms with Gasteiger partial charge in [0.25, 0.3) is 0 Å². The van der Waals surface area contributed by atoms with Crippen LogP contribution in [0.1, 0.15) is 47.2 Å². The third-order valence-corrected chi connectivity index (χ3v) is 5.94. The van der Waals surface area contributed by atoms with E-state index in [1.165, 1.54) is 11.7 Å². The summed E-state index contributed by atoms with van der Waals surface area (Å²) in [6.07, 6.45) is 1.43. The lowest BCUT2D eigenvalue weighted by Crippen LogP contribution is -2.44. The number of fused-ring (bicyclic) bond motifs is 3. The van der Waals surface area contributed by atoms with Gasteiger partial charge in [0, 0.05) is 13.0 Å². The second kappa shape index (κ2) is 9.78. The maximum absolute atomic E-state index is 12.8. The highest BCUT2D eigenvalue weighted by Gasteiger charge is 2.30. The van der Waals surface area contributed by atoms with Crippen molar-refractivity contribution in [2.45, 2.75) is 31.7 Å². The number of hydrogen-bond acceptors (Lipinski definition) is 5. The van der Waals surface area contributed by atoms with Gasteiger partial charge in [-0.1, -0.05) is 61.9 Å². The van der Waals surface area contributed by atoms with Crippen LogP contribution in [-0.4, -0.2) is 45.5 Å². The van der Waals surface area contributed by atoms with Crippen LogP contribution in [0.15, 0.2) is 54.7 Å². The zero-order valence-corrected chi connectivity index (χ0v) is 18.9. The Balaban J connectivity index is 1.43. The Hall–Kier alpha value is -4.14. The second-order valence-corrected chi connectivity index (χ2v) is 8.14. The monoisotopic (exact) mass is 462 g/mol. The van der Waals surface area contributed by atoms with Crippen molar-refractivity contribution in [3.63, 3.8) is 0 Å². The van der Waals surface area contributed by atoms with E-state index < -0.39 is 24.0 Å². The molecule has 0 spiro atoms. The summed E-state index contributed by atoms with van der Waals surface area (Å²) < 4.78 is 6.81. The number of aryl methyl sites for hydroxylation is 1. The van der Waals surface area contributed by atoms with Crippen LogP contribution in [0.4, 0.5) is 10.6 Å². The van der Waals surface area contributed by atoms with E-state index in [2.05, 4.69) is 27.9 Å². The quantitative estimate of drug-likeness (QED) is 0.468. The molecule has 1 aliphatic rings. The Labute approximate surface area is 196 Å². The Morgan fingerprint density at radius 3 is 2.29 bits per heavy atom. The number of rotatable bonds is 8. The normalized spacial score (nSPS) is 13.0. The fourth-order valence-electron chi connectivity index (χ4n) is 4.29. The van der Waals surface area contributed by atoms with E-state index >= 15 is 0 Å². The van der Waals surface area contributed by atoms with Gasteiger partial charge < -0.3 is 20.5 Å². The average molecular weight is 463 g/mol. The molecule has 1 heterocycles. The van der Waals surface area contributed by atoms with Gasteiger partial charge in [0.05, 0.1) is 6.20 Å². The predicted octanol–water partition coefficient (Wildman–Crippen LogP) is 3.76. The van der Waals surface area contributed by atoms with E-state index in [0.29, 0.717) is 12.8 Å². The van der Waals surface area contributed by atoms with Crippen LogP contribution in [0.2, 0.25) is 0 Å². The van der Waals surface area contributed by atoms with E-state index in [1.807, 2.05) is 43.3 Å². The third-order valence-electron chi connectivity index (χ3n) is 5.94. The van der Waals surface area contributed by atoms with E-state index in [0.717, 1.165) is 28.5 Å². The topological polar surface area (TPSA) is 123 Å². The number of hydrogen-bond donors (Lipinski definition) is 3. The Morgan fingerprint density at radius 2 is 1.71 bits per heavy atom. The lowest BCUT2D eigenvalue weighted by atomic mass is 9.98. The smallest absolute Gasteiger partial charge is 0.407 e. The number of anilines is 1. The molecule has 4 rings (SSSR count). The summed E-state index contributed by atoms with van der Waals surface area (Å²) in [6, 6.07) is 15.2. The molecule has 0 saturated carbocycles. The molecule has 0 saturated heterocycles. The molecule has 176 valence electrons. The highest BCUT2D eigenvalue weighted by atomic mass is 16.5. The lowest BCUT2D eigenvalue weighted by molar-refractivity contribution is -0.118. The summed E-state index contributed by atoms with van der Waals surface area (Å²) in [5.74, 6) is -1.79. The molecule has 0 bridgehead atoms. The van der Waals surface area contributed by atoms with Gasteiger partial charge in [-0.25, -0.2) is 9.59 Å².